The van der Waals surface area contributed by atoms with Crippen molar-refractivity contribution in [2.24, 2.45) is 0 Å². The summed E-state index contributed by atoms with van der Waals surface area (Å²) >= 11 is 0. The number of carbonyl (C=O) groups is 2. The van der Waals surface area contributed by atoms with Gasteiger partial charge in [-0.25, -0.2) is 8.42 Å². The molecule has 0 bridgehead atoms. The van der Waals surface area contributed by atoms with E-state index in [9.17, 15) is 18.0 Å². The van der Waals surface area contributed by atoms with E-state index in [4.69, 9.17) is 0 Å². The summed E-state index contributed by atoms with van der Waals surface area (Å²) in [5.74, 6) is -0.491. The number of rotatable bonds is 6. The van der Waals surface area contributed by atoms with Gasteiger partial charge in [0.1, 0.15) is 0 Å². The van der Waals surface area contributed by atoms with Gasteiger partial charge in [-0.3, -0.25) is 14.3 Å². The average molecular weight is 373 g/mol. The highest BCUT2D eigenvalue weighted by Gasteiger charge is 2.23. The molecule has 1 saturated carbocycles. The first-order valence-corrected chi connectivity index (χ1v) is 9.99. The Bertz CT molecular complexity index is 935. The van der Waals surface area contributed by atoms with Gasteiger partial charge >= 0.3 is 0 Å². The van der Waals surface area contributed by atoms with Crippen LogP contribution in [-0.4, -0.2) is 32.5 Å². The minimum atomic E-state index is -3.39. The lowest BCUT2D eigenvalue weighted by atomic mass is 10.1. The van der Waals surface area contributed by atoms with Crippen LogP contribution in [0.3, 0.4) is 0 Å². The van der Waals surface area contributed by atoms with E-state index in [1.54, 1.807) is 42.5 Å². The van der Waals surface area contributed by atoms with Crippen LogP contribution in [0.2, 0.25) is 0 Å². The topological polar surface area (TPSA) is 104 Å². The first-order valence-electron chi connectivity index (χ1n) is 8.10. The highest BCUT2D eigenvalue weighted by molar-refractivity contribution is 7.92. The highest BCUT2D eigenvalue weighted by Crippen LogP contribution is 2.20. The highest BCUT2D eigenvalue weighted by atomic mass is 32.2. The third-order valence-electron chi connectivity index (χ3n) is 3.75. The van der Waals surface area contributed by atoms with Gasteiger partial charge in [0.2, 0.25) is 10.0 Å². The lowest BCUT2D eigenvalue weighted by Crippen LogP contribution is -2.25. The number of anilines is 2. The zero-order chi connectivity index (χ0) is 18.7. The van der Waals surface area contributed by atoms with Gasteiger partial charge in [-0.15, -0.1) is 0 Å². The van der Waals surface area contributed by atoms with Crippen LogP contribution >= 0.6 is 0 Å². The summed E-state index contributed by atoms with van der Waals surface area (Å²) in [6.07, 6.45) is 3.08. The number of hydrogen-bond donors (Lipinski definition) is 3. The maximum absolute atomic E-state index is 12.3. The molecule has 1 fully saturated rings. The number of amides is 2. The van der Waals surface area contributed by atoms with E-state index in [-0.39, 0.29) is 17.9 Å². The quantitative estimate of drug-likeness (QED) is 0.722. The molecule has 136 valence electrons. The summed E-state index contributed by atoms with van der Waals surface area (Å²) in [6.45, 7) is 0. The average Bonchev–Trinajstić information content (AvgIpc) is 3.37. The minimum absolute atomic E-state index is 0.140. The summed E-state index contributed by atoms with van der Waals surface area (Å²) in [5, 5.41) is 5.59. The number of nitrogens with one attached hydrogen (secondary N) is 3. The third-order valence-corrected chi connectivity index (χ3v) is 4.35. The van der Waals surface area contributed by atoms with Crippen LogP contribution in [-0.2, 0) is 10.0 Å². The van der Waals surface area contributed by atoms with E-state index in [0.29, 0.717) is 22.5 Å². The Morgan fingerprint density at radius 1 is 0.923 bits per heavy atom. The number of benzene rings is 2. The van der Waals surface area contributed by atoms with Crippen molar-refractivity contribution in [3.05, 3.63) is 59.7 Å². The van der Waals surface area contributed by atoms with Crippen LogP contribution in [0.1, 0.15) is 33.6 Å². The normalized spacial score (nSPS) is 13.7. The minimum Gasteiger partial charge on any atom is -0.349 e. The summed E-state index contributed by atoms with van der Waals surface area (Å²) in [7, 11) is -3.39. The number of sulfonamides is 1. The van der Waals surface area contributed by atoms with Crippen molar-refractivity contribution < 1.29 is 18.0 Å². The molecule has 2 amide bonds. The second kappa shape index (κ2) is 7.17. The van der Waals surface area contributed by atoms with Gasteiger partial charge < -0.3 is 10.6 Å². The predicted octanol–water partition coefficient (Wildman–Crippen LogP) is 2.20. The van der Waals surface area contributed by atoms with Gasteiger partial charge in [0, 0.05) is 22.9 Å². The Morgan fingerprint density at radius 3 is 2.08 bits per heavy atom. The molecule has 0 atom stereocenters. The van der Waals surface area contributed by atoms with E-state index in [1.807, 2.05) is 0 Å². The second-order valence-electron chi connectivity index (χ2n) is 6.23. The fraction of sp³-hybridized carbons (Fsp3) is 0.222. The molecule has 0 aliphatic heterocycles. The van der Waals surface area contributed by atoms with Gasteiger partial charge in [0.25, 0.3) is 11.8 Å². The monoisotopic (exact) mass is 373 g/mol. The summed E-state index contributed by atoms with van der Waals surface area (Å²) in [5.41, 5.74) is 1.72. The van der Waals surface area contributed by atoms with Crippen molar-refractivity contribution in [3.63, 3.8) is 0 Å². The van der Waals surface area contributed by atoms with Gasteiger partial charge in [-0.05, 0) is 55.3 Å². The van der Waals surface area contributed by atoms with Gasteiger partial charge in [-0.2, -0.15) is 0 Å². The SMILES string of the molecule is CS(=O)(=O)Nc1cccc(NC(=O)c2ccc(C(=O)NC3CC3)cc2)c1. The molecule has 1 aliphatic carbocycles. The Labute approximate surface area is 151 Å². The third kappa shape index (κ3) is 5.06. The van der Waals surface area contributed by atoms with Crippen LogP contribution in [0.25, 0.3) is 0 Å². The molecule has 3 rings (SSSR count). The Morgan fingerprint density at radius 2 is 1.50 bits per heavy atom. The largest absolute Gasteiger partial charge is 0.349 e. The zero-order valence-corrected chi connectivity index (χ0v) is 15.0. The molecular weight excluding hydrogens is 354 g/mol. The Balaban J connectivity index is 1.66. The lowest BCUT2D eigenvalue weighted by molar-refractivity contribution is 0.0949. The van der Waals surface area contributed by atoms with E-state index in [1.165, 1.54) is 6.07 Å². The maximum Gasteiger partial charge on any atom is 0.255 e. The van der Waals surface area contributed by atoms with Crippen LogP contribution in [0.4, 0.5) is 11.4 Å². The summed E-state index contributed by atoms with van der Waals surface area (Å²) in [4.78, 5) is 24.3. The number of hydrogen-bond acceptors (Lipinski definition) is 4. The van der Waals surface area contributed by atoms with E-state index in [2.05, 4.69) is 15.4 Å². The molecular formula is C18H19N3O4S. The first kappa shape index (κ1) is 17.9. The van der Waals surface area contributed by atoms with Crippen LogP contribution < -0.4 is 15.4 Å². The van der Waals surface area contributed by atoms with Crippen LogP contribution in [0, 0.1) is 0 Å². The molecule has 2 aromatic carbocycles. The van der Waals surface area contributed by atoms with Crippen molar-refractivity contribution in [2.75, 3.05) is 16.3 Å². The molecule has 0 saturated heterocycles. The number of carbonyl (C=O) groups excluding carboxylic acids is 2. The Kier molecular flexibility index (Phi) is 4.94. The molecule has 0 aromatic heterocycles. The fourth-order valence-electron chi connectivity index (χ4n) is 2.35. The molecule has 0 radical (unpaired) electrons. The molecule has 0 heterocycles. The van der Waals surface area contributed by atoms with Gasteiger partial charge in [0.05, 0.1) is 11.9 Å². The summed E-state index contributed by atoms with van der Waals surface area (Å²) in [6, 6.07) is 13.0. The molecule has 1 aliphatic rings. The smallest absolute Gasteiger partial charge is 0.255 e. The molecule has 8 heteroatoms. The summed E-state index contributed by atoms with van der Waals surface area (Å²) < 4.78 is 24.9. The molecule has 3 N–H and O–H groups in total. The van der Waals surface area contributed by atoms with Crippen molar-refractivity contribution >= 4 is 33.2 Å². The van der Waals surface area contributed by atoms with E-state index >= 15 is 0 Å². The van der Waals surface area contributed by atoms with Crippen LogP contribution in [0.15, 0.2) is 48.5 Å². The standard InChI is InChI=1S/C18H19N3O4S/c1-26(24,25)21-16-4-2-3-15(11-16)20-18(23)13-7-5-12(6-8-13)17(22)19-14-9-10-14/h2-8,11,14,21H,9-10H2,1H3,(H,19,22)(H,20,23). The van der Waals surface area contributed by atoms with Crippen molar-refractivity contribution in [1.29, 1.82) is 0 Å². The van der Waals surface area contributed by atoms with Crippen molar-refractivity contribution in [1.82, 2.24) is 5.32 Å². The van der Waals surface area contributed by atoms with Crippen LogP contribution in [0.5, 0.6) is 0 Å². The first-order chi connectivity index (χ1) is 12.3. The Hall–Kier alpha value is -2.87. The molecule has 26 heavy (non-hydrogen) atoms. The van der Waals surface area contributed by atoms with Crippen molar-refractivity contribution in [3.8, 4) is 0 Å². The molecule has 0 spiro atoms. The second-order valence-corrected chi connectivity index (χ2v) is 7.98. The zero-order valence-electron chi connectivity index (χ0n) is 14.2. The molecule has 7 nitrogen and oxygen atoms in total. The lowest BCUT2D eigenvalue weighted by Gasteiger charge is -2.09. The van der Waals surface area contributed by atoms with E-state index in [0.717, 1.165) is 19.1 Å². The fourth-order valence-corrected chi connectivity index (χ4v) is 2.90. The van der Waals surface area contributed by atoms with Gasteiger partial charge in [-0.1, -0.05) is 6.07 Å². The van der Waals surface area contributed by atoms with Crippen molar-refractivity contribution in [2.45, 2.75) is 18.9 Å². The predicted molar refractivity (Wildman–Crippen MR) is 99.8 cm³/mol. The molecule has 2 aromatic rings. The van der Waals surface area contributed by atoms with Gasteiger partial charge in [0.15, 0.2) is 0 Å². The molecule has 0 unspecified atom stereocenters. The maximum atomic E-state index is 12.3. The van der Waals surface area contributed by atoms with E-state index < -0.39 is 10.0 Å².